The van der Waals surface area contributed by atoms with Crippen molar-refractivity contribution in [3.8, 4) is 16.9 Å². The van der Waals surface area contributed by atoms with E-state index < -0.39 is 23.5 Å². The van der Waals surface area contributed by atoms with Gasteiger partial charge in [-0.15, -0.1) is 0 Å². The first kappa shape index (κ1) is 32.1. The number of thiocarbonyl (C=S) groups is 1. The molecule has 9 heteroatoms. The molecule has 0 radical (unpaired) electrons. The van der Waals surface area contributed by atoms with Crippen LogP contribution in [0.25, 0.3) is 22.2 Å². The van der Waals surface area contributed by atoms with E-state index in [-0.39, 0.29) is 5.75 Å². The van der Waals surface area contributed by atoms with Crippen molar-refractivity contribution in [3.63, 3.8) is 0 Å². The number of rotatable bonds is 6. The number of ether oxygens (including phenoxy) is 2. The number of hydrogen-bond donors (Lipinski definition) is 1. The average Bonchev–Trinajstić information content (AvgIpc) is 3.36. The standard InChI is InChI=1S/C37H42FN3O4S/c1-21-25-13-10-18-44-32(25)28(38)19-26(21)31-27-20-29(35(46)41-16-14-24(15-17-41)23-11-8-7-9-12-23)40(6)34(27)39-22(2)30(31)33(36(42)43)45-37(3,4)5/h7-9,11-12,19-20,24,33H,10,13-18H2,1-6H3,(H,42,43)/t33-/m0/s1. The van der Waals surface area contributed by atoms with Crippen molar-refractivity contribution >= 4 is 34.2 Å². The number of likely N-dealkylation sites (tertiary alicyclic amines) is 1. The lowest BCUT2D eigenvalue weighted by molar-refractivity contribution is -0.160. The van der Waals surface area contributed by atoms with Crippen LogP contribution in [-0.2, 0) is 23.0 Å². The number of carbonyl (C=O) groups is 1. The summed E-state index contributed by atoms with van der Waals surface area (Å²) < 4.78 is 29.7. The van der Waals surface area contributed by atoms with Crippen LogP contribution in [-0.4, -0.2) is 55.8 Å². The Balaban J connectivity index is 1.51. The van der Waals surface area contributed by atoms with Crippen LogP contribution in [0.3, 0.4) is 0 Å². The Labute approximate surface area is 275 Å². The van der Waals surface area contributed by atoms with Crippen molar-refractivity contribution in [2.75, 3.05) is 19.7 Å². The van der Waals surface area contributed by atoms with E-state index in [0.717, 1.165) is 54.2 Å². The molecule has 1 saturated heterocycles. The molecule has 0 saturated carbocycles. The third kappa shape index (κ3) is 5.91. The molecule has 2 aromatic heterocycles. The topological polar surface area (TPSA) is 76.8 Å². The molecule has 0 spiro atoms. The second-order valence-electron chi connectivity index (χ2n) is 13.5. The number of aromatic nitrogens is 2. The average molecular weight is 644 g/mol. The van der Waals surface area contributed by atoms with Gasteiger partial charge in [-0.25, -0.2) is 14.2 Å². The van der Waals surface area contributed by atoms with E-state index in [1.165, 1.54) is 11.6 Å². The summed E-state index contributed by atoms with van der Waals surface area (Å²) in [5.41, 5.74) is 5.89. The largest absolute Gasteiger partial charge is 0.490 e. The van der Waals surface area contributed by atoms with Crippen molar-refractivity contribution in [1.82, 2.24) is 14.5 Å². The van der Waals surface area contributed by atoms with Crippen molar-refractivity contribution in [2.24, 2.45) is 7.05 Å². The Hall–Kier alpha value is -3.82. The summed E-state index contributed by atoms with van der Waals surface area (Å²) in [7, 11) is 1.94. The van der Waals surface area contributed by atoms with Gasteiger partial charge < -0.3 is 24.0 Å². The molecular weight excluding hydrogens is 601 g/mol. The van der Waals surface area contributed by atoms with E-state index in [1.807, 2.05) is 51.4 Å². The first-order chi connectivity index (χ1) is 21.9. The minimum atomic E-state index is -1.32. The van der Waals surface area contributed by atoms with Gasteiger partial charge in [-0.1, -0.05) is 42.5 Å². The summed E-state index contributed by atoms with van der Waals surface area (Å²) >= 11 is 6.12. The maximum absolute atomic E-state index is 15.7. The highest BCUT2D eigenvalue weighted by Gasteiger charge is 2.35. The Morgan fingerprint density at radius 1 is 1.15 bits per heavy atom. The van der Waals surface area contributed by atoms with E-state index in [4.69, 9.17) is 26.7 Å². The Morgan fingerprint density at radius 3 is 2.50 bits per heavy atom. The lowest BCUT2D eigenvalue weighted by Gasteiger charge is -2.34. The van der Waals surface area contributed by atoms with E-state index in [2.05, 4.69) is 29.2 Å². The fraction of sp³-hybridized carbons (Fsp3) is 0.432. The molecule has 0 amide bonds. The summed E-state index contributed by atoms with van der Waals surface area (Å²) in [4.78, 5) is 20.8. The van der Waals surface area contributed by atoms with E-state index in [1.54, 1.807) is 6.92 Å². The number of halogens is 1. The number of fused-ring (bicyclic) bond motifs is 2. The van der Waals surface area contributed by atoms with Crippen LogP contribution >= 0.6 is 12.2 Å². The predicted octanol–water partition coefficient (Wildman–Crippen LogP) is 7.82. The number of nitrogens with zero attached hydrogens (tertiary/aromatic N) is 3. The molecule has 4 heterocycles. The Bertz CT molecular complexity index is 1820. The summed E-state index contributed by atoms with van der Waals surface area (Å²) in [6, 6.07) is 14.1. The zero-order valence-electron chi connectivity index (χ0n) is 27.4. The molecule has 1 atom stereocenters. The number of aryl methyl sites for hydroxylation is 2. The molecule has 2 aliphatic rings. The Kier molecular flexibility index (Phi) is 8.67. The molecular formula is C37H42FN3O4S. The van der Waals surface area contributed by atoms with Gasteiger partial charge in [0.1, 0.15) is 10.6 Å². The van der Waals surface area contributed by atoms with Crippen LogP contribution < -0.4 is 4.74 Å². The normalized spacial score (nSPS) is 16.3. The molecule has 0 bridgehead atoms. The van der Waals surface area contributed by atoms with Crippen molar-refractivity contribution < 1.29 is 23.8 Å². The van der Waals surface area contributed by atoms with Gasteiger partial charge in [0.05, 0.1) is 17.9 Å². The fourth-order valence-corrected chi connectivity index (χ4v) is 7.46. The quantitative estimate of drug-likeness (QED) is 0.215. The molecule has 1 fully saturated rings. The smallest absolute Gasteiger partial charge is 0.337 e. The molecule has 0 unspecified atom stereocenters. The number of hydrogen-bond acceptors (Lipinski definition) is 5. The maximum atomic E-state index is 15.7. The van der Waals surface area contributed by atoms with E-state index in [0.29, 0.717) is 52.4 Å². The van der Waals surface area contributed by atoms with Crippen LogP contribution in [0.4, 0.5) is 4.39 Å². The monoisotopic (exact) mass is 643 g/mol. The highest BCUT2D eigenvalue weighted by Crippen LogP contribution is 2.45. The molecule has 46 heavy (non-hydrogen) atoms. The minimum Gasteiger partial charge on any atom is -0.490 e. The molecule has 6 rings (SSSR count). The second-order valence-corrected chi connectivity index (χ2v) is 13.9. The van der Waals surface area contributed by atoms with Gasteiger partial charge in [-0.2, -0.15) is 0 Å². The fourth-order valence-electron chi connectivity index (χ4n) is 7.08. The maximum Gasteiger partial charge on any atom is 0.337 e. The van der Waals surface area contributed by atoms with Gasteiger partial charge >= 0.3 is 5.97 Å². The first-order valence-corrected chi connectivity index (χ1v) is 16.5. The number of carboxylic acid groups (broad SMARTS) is 1. The van der Waals surface area contributed by atoms with Crippen LogP contribution in [0.2, 0.25) is 0 Å². The van der Waals surface area contributed by atoms with Gasteiger partial charge in [0.15, 0.2) is 17.7 Å². The summed E-state index contributed by atoms with van der Waals surface area (Å²) in [5.74, 6) is -0.813. The van der Waals surface area contributed by atoms with Gasteiger partial charge in [0.2, 0.25) is 0 Å². The van der Waals surface area contributed by atoms with Crippen molar-refractivity contribution in [1.29, 1.82) is 0 Å². The lowest BCUT2D eigenvalue weighted by Crippen LogP contribution is -2.38. The zero-order valence-corrected chi connectivity index (χ0v) is 28.3. The van der Waals surface area contributed by atoms with Gasteiger partial charge in [0.25, 0.3) is 0 Å². The minimum absolute atomic E-state index is 0.283. The summed E-state index contributed by atoms with van der Waals surface area (Å²) in [5, 5.41) is 11.2. The number of piperidine rings is 1. The number of benzene rings is 2. The molecule has 1 N–H and O–H groups in total. The van der Waals surface area contributed by atoms with Crippen LogP contribution in [0.1, 0.15) is 85.7 Å². The molecule has 4 aromatic rings. The summed E-state index contributed by atoms with van der Waals surface area (Å²) in [6.07, 6.45) is 2.14. The van der Waals surface area contributed by atoms with Gasteiger partial charge in [0, 0.05) is 47.9 Å². The SMILES string of the molecule is Cc1nc2c(cc(C(=S)N3CCC(c4ccccc4)CC3)n2C)c(-c2cc(F)c3c(c2C)CCCO3)c1[C@H](OC(C)(C)C)C(=O)O. The lowest BCUT2D eigenvalue weighted by atomic mass is 9.86. The highest BCUT2D eigenvalue weighted by atomic mass is 32.1. The van der Waals surface area contributed by atoms with Crippen LogP contribution in [0.5, 0.6) is 5.75 Å². The van der Waals surface area contributed by atoms with Crippen molar-refractivity contribution in [2.45, 2.75) is 77.9 Å². The number of carboxylic acids is 1. The van der Waals surface area contributed by atoms with Gasteiger partial charge in [-0.3, -0.25) is 0 Å². The highest BCUT2D eigenvalue weighted by molar-refractivity contribution is 7.80. The number of pyridine rings is 1. The Morgan fingerprint density at radius 2 is 1.85 bits per heavy atom. The van der Waals surface area contributed by atoms with Crippen LogP contribution in [0, 0.1) is 19.7 Å². The molecule has 7 nitrogen and oxygen atoms in total. The third-order valence-corrected chi connectivity index (χ3v) is 9.81. The molecule has 2 aromatic carbocycles. The van der Waals surface area contributed by atoms with E-state index >= 15 is 4.39 Å². The molecule has 2 aliphatic heterocycles. The number of aliphatic carboxylic acids is 1. The predicted molar refractivity (Wildman–Crippen MR) is 182 cm³/mol. The summed E-state index contributed by atoms with van der Waals surface area (Å²) in [6.45, 7) is 11.4. The van der Waals surface area contributed by atoms with Crippen molar-refractivity contribution in [3.05, 3.63) is 81.9 Å². The molecule has 242 valence electrons. The second kappa shape index (κ2) is 12.4. The van der Waals surface area contributed by atoms with Crippen LogP contribution in [0.15, 0.2) is 42.5 Å². The zero-order chi connectivity index (χ0) is 32.9. The van der Waals surface area contributed by atoms with E-state index in [9.17, 15) is 9.90 Å². The first-order valence-electron chi connectivity index (χ1n) is 16.1. The molecule has 0 aliphatic carbocycles. The third-order valence-electron chi connectivity index (χ3n) is 9.34. The van der Waals surface area contributed by atoms with Gasteiger partial charge in [-0.05, 0) is 95.0 Å².